The summed E-state index contributed by atoms with van der Waals surface area (Å²) in [5, 5.41) is 0. The molecule has 0 bridgehead atoms. The SMILES string of the molecule is CCN1C(=O)c2ccccc2[S@](=O)c2ccc(C(=O)N(C)C3CCCCC3)cc21. The predicted molar refractivity (Wildman–Crippen MR) is 114 cm³/mol. The highest BCUT2D eigenvalue weighted by atomic mass is 32.2. The maximum Gasteiger partial charge on any atom is 0.259 e. The fourth-order valence-electron chi connectivity index (χ4n) is 4.35. The summed E-state index contributed by atoms with van der Waals surface area (Å²) in [6.45, 7) is 2.33. The molecule has 0 spiro atoms. The van der Waals surface area contributed by atoms with Crippen molar-refractivity contribution in [2.75, 3.05) is 18.5 Å². The van der Waals surface area contributed by atoms with Gasteiger partial charge in [0.2, 0.25) is 0 Å². The van der Waals surface area contributed by atoms with Crippen molar-refractivity contribution in [3.8, 4) is 0 Å². The lowest BCUT2D eigenvalue weighted by Crippen LogP contribution is -2.38. The van der Waals surface area contributed by atoms with Crippen molar-refractivity contribution in [1.82, 2.24) is 4.90 Å². The van der Waals surface area contributed by atoms with Gasteiger partial charge in [0.1, 0.15) is 0 Å². The van der Waals surface area contributed by atoms with E-state index >= 15 is 0 Å². The minimum absolute atomic E-state index is 0.0456. The first-order valence-electron chi connectivity index (χ1n) is 10.3. The van der Waals surface area contributed by atoms with Gasteiger partial charge < -0.3 is 9.80 Å². The second kappa shape index (κ2) is 8.11. The molecular formula is C23H26N2O3S. The molecule has 152 valence electrons. The second-order valence-corrected chi connectivity index (χ2v) is 9.12. The number of anilines is 1. The van der Waals surface area contributed by atoms with Gasteiger partial charge in [-0.1, -0.05) is 31.4 Å². The average Bonchev–Trinajstić information content (AvgIpc) is 2.86. The Hall–Kier alpha value is -2.47. The van der Waals surface area contributed by atoms with Gasteiger partial charge in [-0.2, -0.15) is 0 Å². The molecule has 1 fully saturated rings. The number of nitrogens with zero attached hydrogens (tertiary/aromatic N) is 2. The van der Waals surface area contributed by atoms with Crippen molar-refractivity contribution in [1.29, 1.82) is 0 Å². The Morgan fingerprint density at radius 1 is 1.10 bits per heavy atom. The maximum atomic E-state index is 13.2. The Labute approximate surface area is 174 Å². The zero-order chi connectivity index (χ0) is 20.5. The van der Waals surface area contributed by atoms with Crippen LogP contribution in [-0.2, 0) is 10.8 Å². The van der Waals surface area contributed by atoms with E-state index in [4.69, 9.17) is 0 Å². The van der Waals surface area contributed by atoms with Crippen LogP contribution in [0.5, 0.6) is 0 Å². The van der Waals surface area contributed by atoms with E-state index in [0.717, 1.165) is 25.7 Å². The summed E-state index contributed by atoms with van der Waals surface area (Å²) in [6.07, 6.45) is 5.61. The van der Waals surface area contributed by atoms with Gasteiger partial charge in [-0.3, -0.25) is 9.59 Å². The van der Waals surface area contributed by atoms with Gasteiger partial charge in [-0.15, -0.1) is 0 Å². The molecule has 0 unspecified atom stereocenters. The Morgan fingerprint density at radius 2 is 1.83 bits per heavy atom. The third-order valence-electron chi connectivity index (χ3n) is 6.02. The number of hydrogen-bond donors (Lipinski definition) is 0. The molecule has 2 aromatic rings. The van der Waals surface area contributed by atoms with Crippen molar-refractivity contribution < 1.29 is 13.8 Å². The number of carbonyl (C=O) groups is 2. The lowest BCUT2D eigenvalue weighted by atomic mass is 9.94. The van der Waals surface area contributed by atoms with Crippen LogP contribution < -0.4 is 4.90 Å². The average molecular weight is 411 g/mol. The molecular weight excluding hydrogens is 384 g/mol. The van der Waals surface area contributed by atoms with Crippen LogP contribution in [-0.4, -0.2) is 40.6 Å². The maximum absolute atomic E-state index is 13.2. The summed E-state index contributed by atoms with van der Waals surface area (Å²) in [7, 11) is 0.388. The molecule has 1 aliphatic carbocycles. The van der Waals surface area contributed by atoms with Crippen LogP contribution in [0.25, 0.3) is 0 Å². The molecule has 1 atom stereocenters. The number of benzene rings is 2. The van der Waals surface area contributed by atoms with E-state index in [1.165, 1.54) is 6.42 Å². The molecule has 0 N–H and O–H groups in total. The molecule has 0 aromatic heterocycles. The van der Waals surface area contributed by atoms with Crippen molar-refractivity contribution in [3.05, 3.63) is 53.6 Å². The number of rotatable bonds is 3. The highest BCUT2D eigenvalue weighted by molar-refractivity contribution is 7.85. The fourth-order valence-corrected chi connectivity index (χ4v) is 5.69. The lowest BCUT2D eigenvalue weighted by Gasteiger charge is -2.31. The standard InChI is InChI=1S/C23H26N2O3S/c1-3-25-19-15-16(22(26)24(2)17-9-5-4-6-10-17)13-14-21(19)29(28)20-12-8-7-11-18(20)23(25)27/h7-8,11-15,17H,3-6,9-10H2,1-2H3/t29-/m0/s1. The van der Waals surface area contributed by atoms with Gasteiger partial charge in [0.25, 0.3) is 11.8 Å². The smallest absolute Gasteiger partial charge is 0.259 e. The minimum Gasteiger partial charge on any atom is -0.339 e. The highest BCUT2D eigenvalue weighted by Crippen LogP contribution is 2.35. The summed E-state index contributed by atoms with van der Waals surface area (Å²) in [5.41, 5.74) is 1.55. The van der Waals surface area contributed by atoms with Crippen molar-refractivity contribution in [3.63, 3.8) is 0 Å². The number of amides is 2. The van der Waals surface area contributed by atoms with Crippen LogP contribution >= 0.6 is 0 Å². The number of hydrogen-bond acceptors (Lipinski definition) is 3. The molecule has 1 saturated carbocycles. The number of carbonyl (C=O) groups excluding carboxylic acids is 2. The topological polar surface area (TPSA) is 57.7 Å². The summed E-state index contributed by atoms with van der Waals surface area (Å²) in [5.74, 6) is -0.226. The first kappa shape index (κ1) is 19.8. The molecule has 1 aliphatic heterocycles. The quantitative estimate of drug-likeness (QED) is 0.761. The van der Waals surface area contributed by atoms with Crippen LogP contribution in [0.15, 0.2) is 52.3 Å². The summed E-state index contributed by atoms with van der Waals surface area (Å²) >= 11 is 0. The van der Waals surface area contributed by atoms with Crippen LogP contribution in [0.4, 0.5) is 5.69 Å². The van der Waals surface area contributed by atoms with Crippen LogP contribution in [0, 0.1) is 0 Å². The van der Waals surface area contributed by atoms with Gasteiger partial charge in [-0.25, -0.2) is 4.21 Å². The largest absolute Gasteiger partial charge is 0.339 e. The molecule has 0 saturated heterocycles. The zero-order valence-electron chi connectivity index (χ0n) is 16.9. The van der Waals surface area contributed by atoms with E-state index in [1.54, 1.807) is 47.4 Å². The van der Waals surface area contributed by atoms with E-state index in [-0.39, 0.29) is 17.9 Å². The molecule has 5 nitrogen and oxygen atoms in total. The van der Waals surface area contributed by atoms with Gasteiger partial charge in [-0.05, 0) is 50.1 Å². The summed E-state index contributed by atoms with van der Waals surface area (Å²) in [4.78, 5) is 30.8. The lowest BCUT2D eigenvalue weighted by molar-refractivity contribution is 0.0696. The predicted octanol–water partition coefficient (Wildman–Crippen LogP) is 4.24. The van der Waals surface area contributed by atoms with Crippen LogP contribution in [0.1, 0.15) is 59.7 Å². The first-order chi connectivity index (χ1) is 14.0. The third kappa shape index (κ3) is 3.50. The van der Waals surface area contributed by atoms with Crippen molar-refractivity contribution in [2.45, 2.75) is 54.9 Å². The molecule has 0 radical (unpaired) electrons. The number of fused-ring (bicyclic) bond motifs is 2. The van der Waals surface area contributed by atoms with Crippen LogP contribution in [0.2, 0.25) is 0 Å². The third-order valence-corrected chi connectivity index (χ3v) is 7.52. The Bertz CT molecular complexity index is 982. The molecule has 4 rings (SSSR count). The Morgan fingerprint density at radius 3 is 2.55 bits per heavy atom. The zero-order valence-corrected chi connectivity index (χ0v) is 17.7. The second-order valence-electron chi connectivity index (χ2n) is 7.70. The first-order valence-corrected chi connectivity index (χ1v) is 11.4. The molecule has 1 heterocycles. The molecule has 29 heavy (non-hydrogen) atoms. The van der Waals surface area contributed by atoms with Crippen LogP contribution in [0.3, 0.4) is 0 Å². The summed E-state index contributed by atoms with van der Waals surface area (Å²) < 4.78 is 13.2. The molecule has 6 heteroatoms. The molecule has 2 amide bonds. The van der Waals surface area contributed by atoms with E-state index in [0.29, 0.717) is 33.2 Å². The van der Waals surface area contributed by atoms with E-state index in [9.17, 15) is 13.8 Å². The van der Waals surface area contributed by atoms with Gasteiger partial charge in [0.05, 0.1) is 31.8 Å². The van der Waals surface area contributed by atoms with Gasteiger partial charge in [0, 0.05) is 25.2 Å². The highest BCUT2D eigenvalue weighted by Gasteiger charge is 2.31. The molecule has 2 aromatic carbocycles. The van der Waals surface area contributed by atoms with E-state index < -0.39 is 10.8 Å². The van der Waals surface area contributed by atoms with Crippen molar-refractivity contribution >= 4 is 28.3 Å². The van der Waals surface area contributed by atoms with E-state index in [1.807, 2.05) is 18.9 Å². The summed E-state index contributed by atoms with van der Waals surface area (Å²) in [6, 6.07) is 12.5. The normalized spacial score (nSPS) is 19.3. The van der Waals surface area contributed by atoms with Gasteiger partial charge >= 0.3 is 0 Å². The Balaban J connectivity index is 1.74. The van der Waals surface area contributed by atoms with Crippen molar-refractivity contribution in [2.24, 2.45) is 0 Å². The molecule has 2 aliphatic rings. The van der Waals surface area contributed by atoms with E-state index in [2.05, 4.69) is 0 Å². The fraction of sp³-hybridized carbons (Fsp3) is 0.391. The minimum atomic E-state index is -1.47. The monoisotopic (exact) mass is 410 g/mol. The van der Waals surface area contributed by atoms with Gasteiger partial charge in [0.15, 0.2) is 0 Å². The Kier molecular flexibility index (Phi) is 5.54.